The third-order valence-electron chi connectivity index (χ3n) is 6.03. The summed E-state index contributed by atoms with van der Waals surface area (Å²) in [5.41, 5.74) is 1.34. The molecule has 1 amide bonds. The highest BCUT2D eigenvalue weighted by molar-refractivity contribution is 6.31. The van der Waals surface area contributed by atoms with Gasteiger partial charge in [0.2, 0.25) is 5.78 Å². The predicted octanol–water partition coefficient (Wildman–Crippen LogP) is 5.28. The fourth-order valence-corrected chi connectivity index (χ4v) is 4.63. The SMILES string of the molecule is COc1ccccc1C1C(C(=O)c2cc3cc(Cl)cc(OC)c3o2)=C(O)C(=O)N1Cc1ccccn1. The predicted molar refractivity (Wildman–Crippen MR) is 132 cm³/mol. The summed E-state index contributed by atoms with van der Waals surface area (Å²) in [6.45, 7) is 0.0623. The van der Waals surface area contributed by atoms with Crippen LogP contribution in [0.4, 0.5) is 0 Å². The van der Waals surface area contributed by atoms with Crippen LogP contribution in [-0.4, -0.2) is 40.9 Å². The van der Waals surface area contributed by atoms with Gasteiger partial charge in [-0.05, 0) is 30.3 Å². The summed E-state index contributed by atoms with van der Waals surface area (Å²) < 4.78 is 16.7. The van der Waals surface area contributed by atoms with Gasteiger partial charge in [-0.2, -0.15) is 0 Å². The molecule has 36 heavy (non-hydrogen) atoms. The molecule has 9 heteroatoms. The number of aromatic nitrogens is 1. The highest BCUT2D eigenvalue weighted by Gasteiger charge is 2.45. The number of aliphatic hydroxyl groups is 1. The van der Waals surface area contributed by atoms with E-state index in [2.05, 4.69) is 4.98 Å². The highest BCUT2D eigenvalue weighted by Crippen LogP contribution is 2.44. The second-order valence-electron chi connectivity index (χ2n) is 8.13. The van der Waals surface area contributed by atoms with Crippen molar-refractivity contribution in [3.63, 3.8) is 0 Å². The van der Waals surface area contributed by atoms with E-state index in [0.717, 1.165) is 0 Å². The van der Waals surface area contributed by atoms with Gasteiger partial charge in [0.05, 0.1) is 38.1 Å². The lowest BCUT2D eigenvalue weighted by Crippen LogP contribution is -2.31. The number of furan rings is 1. The van der Waals surface area contributed by atoms with E-state index in [1.54, 1.807) is 60.8 Å². The van der Waals surface area contributed by atoms with E-state index in [1.165, 1.54) is 25.2 Å². The minimum atomic E-state index is -0.943. The van der Waals surface area contributed by atoms with Gasteiger partial charge in [0, 0.05) is 28.2 Å². The number of halogens is 1. The molecular weight excluding hydrogens is 484 g/mol. The number of methoxy groups -OCH3 is 2. The summed E-state index contributed by atoms with van der Waals surface area (Å²) >= 11 is 6.17. The Bertz CT molecular complexity index is 1510. The molecule has 0 spiro atoms. The van der Waals surface area contributed by atoms with Gasteiger partial charge in [-0.25, -0.2) is 0 Å². The van der Waals surface area contributed by atoms with E-state index in [1.807, 2.05) is 0 Å². The molecule has 4 aromatic rings. The molecule has 2 aromatic carbocycles. The minimum Gasteiger partial charge on any atom is -0.503 e. The van der Waals surface area contributed by atoms with Crippen molar-refractivity contribution in [1.82, 2.24) is 9.88 Å². The Kier molecular flexibility index (Phi) is 6.12. The standard InChI is InChI=1S/C27H21ClN2O6/c1-34-19-9-4-3-8-18(19)23-22(25(32)27(33)30(23)14-17-7-5-6-10-29-17)24(31)20-12-15-11-16(28)13-21(35-2)26(15)36-20/h3-13,23,32H,14H2,1-2H3. The first-order valence-corrected chi connectivity index (χ1v) is 11.4. The number of ketones is 1. The summed E-state index contributed by atoms with van der Waals surface area (Å²) in [7, 11) is 2.96. The molecule has 1 N–H and O–H groups in total. The van der Waals surface area contributed by atoms with Crippen LogP contribution in [0.15, 0.2) is 82.6 Å². The Hall–Kier alpha value is -4.30. The fraction of sp³-hybridized carbons (Fsp3) is 0.148. The van der Waals surface area contributed by atoms with Crippen molar-refractivity contribution in [2.75, 3.05) is 14.2 Å². The molecule has 0 saturated carbocycles. The summed E-state index contributed by atoms with van der Waals surface area (Å²) in [5, 5.41) is 11.9. The summed E-state index contributed by atoms with van der Waals surface area (Å²) in [4.78, 5) is 32.8. The first-order valence-electron chi connectivity index (χ1n) is 11.0. The number of Topliss-reactive ketones (excluding diaryl/α,β-unsaturated/α-hetero) is 1. The molecule has 0 fully saturated rings. The van der Waals surface area contributed by atoms with Gasteiger partial charge >= 0.3 is 0 Å². The monoisotopic (exact) mass is 504 g/mol. The van der Waals surface area contributed by atoms with Crippen molar-refractivity contribution in [1.29, 1.82) is 0 Å². The Morgan fingerprint density at radius 1 is 1.08 bits per heavy atom. The average molecular weight is 505 g/mol. The first-order chi connectivity index (χ1) is 17.4. The molecule has 0 saturated heterocycles. The van der Waals surface area contributed by atoms with Crippen LogP contribution in [0, 0.1) is 0 Å². The Labute approximate surface area is 211 Å². The van der Waals surface area contributed by atoms with E-state index >= 15 is 0 Å². The number of carbonyl (C=O) groups is 2. The van der Waals surface area contributed by atoms with Crippen molar-refractivity contribution in [2.24, 2.45) is 0 Å². The zero-order valence-electron chi connectivity index (χ0n) is 19.4. The van der Waals surface area contributed by atoms with Gasteiger partial charge in [-0.3, -0.25) is 14.6 Å². The number of amides is 1. The number of hydrogen-bond acceptors (Lipinski definition) is 7. The molecule has 1 aliphatic rings. The van der Waals surface area contributed by atoms with Crippen LogP contribution >= 0.6 is 11.6 Å². The number of ether oxygens (including phenoxy) is 2. The molecule has 1 unspecified atom stereocenters. The number of aliphatic hydroxyl groups excluding tert-OH is 1. The summed E-state index contributed by atoms with van der Waals surface area (Å²) in [6.07, 6.45) is 1.61. The molecule has 8 nitrogen and oxygen atoms in total. The maximum atomic E-state index is 13.8. The van der Waals surface area contributed by atoms with Gasteiger partial charge in [-0.15, -0.1) is 0 Å². The normalized spacial score (nSPS) is 15.6. The van der Waals surface area contributed by atoms with Crippen LogP contribution in [-0.2, 0) is 11.3 Å². The molecule has 5 rings (SSSR count). The quantitative estimate of drug-likeness (QED) is 0.342. The third-order valence-corrected chi connectivity index (χ3v) is 6.25. The van der Waals surface area contributed by atoms with Crippen LogP contribution in [0.3, 0.4) is 0 Å². The Morgan fingerprint density at radius 3 is 2.56 bits per heavy atom. The second-order valence-corrected chi connectivity index (χ2v) is 8.56. The summed E-state index contributed by atoms with van der Waals surface area (Å²) in [5.74, 6) is -1.25. The Balaban J connectivity index is 1.64. The number of carbonyl (C=O) groups excluding carboxylic acids is 2. The lowest BCUT2D eigenvalue weighted by atomic mass is 9.94. The number of rotatable bonds is 7. The second kappa shape index (κ2) is 9.39. The Morgan fingerprint density at radius 2 is 1.83 bits per heavy atom. The number of fused-ring (bicyclic) bond motifs is 1. The van der Waals surface area contributed by atoms with Crippen LogP contribution in [0.2, 0.25) is 5.02 Å². The van der Waals surface area contributed by atoms with Gasteiger partial charge in [0.25, 0.3) is 5.91 Å². The van der Waals surface area contributed by atoms with E-state index < -0.39 is 23.5 Å². The minimum absolute atomic E-state index is 0.0623. The van der Waals surface area contributed by atoms with Gasteiger partial charge in [-0.1, -0.05) is 35.9 Å². The molecular formula is C27H21ClN2O6. The van der Waals surface area contributed by atoms with Crippen LogP contribution in [0.25, 0.3) is 11.0 Å². The largest absolute Gasteiger partial charge is 0.503 e. The van der Waals surface area contributed by atoms with E-state index in [4.69, 9.17) is 25.5 Å². The number of pyridine rings is 1. The van der Waals surface area contributed by atoms with E-state index in [9.17, 15) is 14.7 Å². The van der Waals surface area contributed by atoms with Crippen molar-refractivity contribution in [3.8, 4) is 11.5 Å². The van der Waals surface area contributed by atoms with E-state index in [-0.39, 0.29) is 17.9 Å². The zero-order chi connectivity index (χ0) is 25.4. The lowest BCUT2D eigenvalue weighted by molar-refractivity contribution is -0.130. The molecule has 2 aromatic heterocycles. The van der Waals surface area contributed by atoms with Crippen LogP contribution < -0.4 is 9.47 Å². The molecule has 1 atom stereocenters. The fourth-order valence-electron chi connectivity index (χ4n) is 4.41. The number of para-hydroxylation sites is 1. The molecule has 0 radical (unpaired) electrons. The lowest BCUT2D eigenvalue weighted by Gasteiger charge is -2.27. The van der Waals surface area contributed by atoms with Crippen molar-refractivity contribution in [2.45, 2.75) is 12.6 Å². The molecule has 3 heterocycles. The molecule has 0 bridgehead atoms. The number of nitrogens with zero attached hydrogens (tertiary/aromatic N) is 2. The molecule has 0 aliphatic carbocycles. The van der Waals surface area contributed by atoms with Crippen molar-refractivity contribution in [3.05, 3.63) is 100 Å². The van der Waals surface area contributed by atoms with Crippen molar-refractivity contribution >= 4 is 34.3 Å². The van der Waals surface area contributed by atoms with Crippen molar-refractivity contribution < 1.29 is 28.6 Å². The smallest absolute Gasteiger partial charge is 0.290 e. The van der Waals surface area contributed by atoms with Crippen LogP contribution in [0.1, 0.15) is 27.9 Å². The maximum absolute atomic E-state index is 13.8. The van der Waals surface area contributed by atoms with Gasteiger partial charge < -0.3 is 23.9 Å². The maximum Gasteiger partial charge on any atom is 0.290 e. The third kappa shape index (κ3) is 3.95. The summed E-state index contributed by atoms with van der Waals surface area (Å²) in [6, 6.07) is 16.1. The van der Waals surface area contributed by atoms with Gasteiger partial charge in [0.1, 0.15) is 5.75 Å². The van der Waals surface area contributed by atoms with Crippen LogP contribution in [0.5, 0.6) is 11.5 Å². The highest BCUT2D eigenvalue weighted by atomic mass is 35.5. The van der Waals surface area contributed by atoms with E-state index in [0.29, 0.717) is 38.7 Å². The molecule has 182 valence electrons. The average Bonchev–Trinajstić information content (AvgIpc) is 3.43. The first kappa shape index (κ1) is 23.4. The number of hydrogen-bond donors (Lipinski definition) is 1. The zero-order valence-corrected chi connectivity index (χ0v) is 20.2. The molecule has 1 aliphatic heterocycles. The topological polar surface area (TPSA) is 102 Å². The number of benzene rings is 2. The van der Waals surface area contributed by atoms with Gasteiger partial charge in [0.15, 0.2) is 22.9 Å².